The first-order valence-electron chi connectivity index (χ1n) is 11.0. The van der Waals surface area contributed by atoms with Crippen molar-refractivity contribution in [3.05, 3.63) is 48.3 Å². The van der Waals surface area contributed by atoms with Crippen LogP contribution in [0.4, 0.5) is 0 Å². The van der Waals surface area contributed by atoms with Crippen LogP contribution in [-0.4, -0.2) is 43.4 Å². The summed E-state index contributed by atoms with van der Waals surface area (Å²) in [4.78, 5) is 14.9. The lowest BCUT2D eigenvalue weighted by Gasteiger charge is -2.39. The van der Waals surface area contributed by atoms with Crippen LogP contribution in [0.3, 0.4) is 0 Å². The lowest BCUT2D eigenvalue weighted by atomic mass is 9.98. The molecule has 1 fully saturated rings. The number of hydrogen-bond donors (Lipinski definition) is 0. The Labute approximate surface area is 188 Å². The van der Waals surface area contributed by atoms with Gasteiger partial charge in [-0.1, -0.05) is 48.2 Å². The molecule has 0 saturated carbocycles. The number of aromatic nitrogens is 3. The highest BCUT2D eigenvalue weighted by Gasteiger charge is 2.29. The summed E-state index contributed by atoms with van der Waals surface area (Å²) in [5.41, 5.74) is 0. The van der Waals surface area contributed by atoms with Gasteiger partial charge in [-0.05, 0) is 51.5 Å². The topological polar surface area (TPSA) is 60.2 Å². The molecule has 0 radical (unpaired) electrons. The number of hydrogen-bond acceptors (Lipinski definition) is 5. The largest absolute Gasteiger partial charge is 0.485 e. The van der Waals surface area contributed by atoms with Crippen LogP contribution in [0.5, 0.6) is 5.75 Å². The smallest absolute Gasteiger partial charge is 0.233 e. The number of ether oxygens (including phenoxy) is 1. The van der Waals surface area contributed by atoms with E-state index in [4.69, 9.17) is 4.74 Å². The second kappa shape index (κ2) is 9.73. The quantitative estimate of drug-likeness (QED) is 0.491. The van der Waals surface area contributed by atoms with Gasteiger partial charge in [0.2, 0.25) is 5.91 Å². The number of carbonyl (C=O) groups is 1. The highest BCUT2D eigenvalue weighted by atomic mass is 32.2. The summed E-state index contributed by atoms with van der Waals surface area (Å²) in [6, 6.07) is 14.8. The Morgan fingerprint density at radius 3 is 2.61 bits per heavy atom. The van der Waals surface area contributed by atoms with Gasteiger partial charge in [-0.3, -0.25) is 4.79 Å². The van der Waals surface area contributed by atoms with E-state index in [0.29, 0.717) is 24.4 Å². The first kappa shape index (κ1) is 21.7. The van der Waals surface area contributed by atoms with E-state index < -0.39 is 0 Å². The van der Waals surface area contributed by atoms with Crippen molar-refractivity contribution in [3.8, 4) is 5.75 Å². The fourth-order valence-corrected chi connectivity index (χ4v) is 5.32. The Morgan fingerprint density at radius 1 is 1.10 bits per heavy atom. The Morgan fingerprint density at radius 2 is 1.84 bits per heavy atom. The number of piperidine rings is 1. The van der Waals surface area contributed by atoms with Gasteiger partial charge >= 0.3 is 0 Å². The van der Waals surface area contributed by atoms with Gasteiger partial charge in [0.15, 0.2) is 11.0 Å². The Hall–Kier alpha value is -2.54. The number of benzene rings is 2. The standard InChI is InChI=1S/C24H30N4O2S/c1-4-27-22(15-30-21-14-8-12-19-11-5-6-13-20(19)21)25-26-24(27)31-16-23(29)28-17(2)9-7-10-18(28)3/h5-6,8,11-14,17-18H,4,7,9-10,15-16H2,1-3H3/t17-,18-/m1/s1. The molecule has 7 heteroatoms. The predicted octanol–water partition coefficient (Wildman–Crippen LogP) is 4.91. The van der Waals surface area contributed by atoms with Crippen molar-refractivity contribution in [3.63, 3.8) is 0 Å². The van der Waals surface area contributed by atoms with E-state index in [2.05, 4.69) is 49.2 Å². The maximum atomic E-state index is 12.9. The molecular formula is C24H30N4O2S. The third kappa shape index (κ3) is 4.71. The second-order valence-corrected chi connectivity index (χ2v) is 9.07. The summed E-state index contributed by atoms with van der Waals surface area (Å²) in [5.74, 6) is 2.17. The van der Waals surface area contributed by atoms with Crippen molar-refractivity contribution in [1.82, 2.24) is 19.7 Å². The van der Waals surface area contributed by atoms with E-state index >= 15 is 0 Å². The number of fused-ring (bicyclic) bond motifs is 1. The fraction of sp³-hybridized carbons (Fsp3) is 0.458. The van der Waals surface area contributed by atoms with Crippen molar-refractivity contribution in [1.29, 1.82) is 0 Å². The van der Waals surface area contributed by atoms with Crippen LogP contribution in [-0.2, 0) is 17.9 Å². The minimum Gasteiger partial charge on any atom is -0.485 e. The zero-order valence-electron chi connectivity index (χ0n) is 18.5. The van der Waals surface area contributed by atoms with Gasteiger partial charge in [-0.25, -0.2) is 0 Å². The third-order valence-electron chi connectivity index (χ3n) is 6.02. The number of nitrogens with zero attached hydrogens (tertiary/aromatic N) is 4. The maximum Gasteiger partial charge on any atom is 0.233 e. The molecule has 0 spiro atoms. The third-order valence-corrected chi connectivity index (χ3v) is 6.97. The SMILES string of the molecule is CCn1c(COc2cccc3ccccc23)nnc1SCC(=O)N1[C@H](C)CCC[C@H]1C. The summed E-state index contributed by atoms with van der Waals surface area (Å²) in [5, 5.41) is 11.7. The predicted molar refractivity (Wildman–Crippen MR) is 124 cm³/mol. The average Bonchev–Trinajstić information content (AvgIpc) is 3.18. The summed E-state index contributed by atoms with van der Waals surface area (Å²) in [7, 11) is 0. The van der Waals surface area contributed by atoms with Crippen LogP contribution in [0.15, 0.2) is 47.6 Å². The molecule has 1 saturated heterocycles. The first-order valence-corrected chi connectivity index (χ1v) is 12.0. The average molecular weight is 439 g/mol. The highest BCUT2D eigenvalue weighted by molar-refractivity contribution is 7.99. The highest BCUT2D eigenvalue weighted by Crippen LogP contribution is 2.27. The summed E-state index contributed by atoms with van der Waals surface area (Å²) in [6.07, 6.45) is 3.37. The molecule has 3 aromatic rings. The fourth-order valence-electron chi connectivity index (χ4n) is 4.43. The van der Waals surface area contributed by atoms with Crippen LogP contribution in [0.25, 0.3) is 10.8 Å². The summed E-state index contributed by atoms with van der Waals surface area (Å²) < 4.78 is 8.14. The number of rotatable bonds is 7. The van der Waals surface area contributed by atoms with Crippen LogP contribution >= 0.6 is 11.8 Å². The molecule has 31 heavy (non-hydrogen) atoms. The van der Waals surface area contributed by atoms with Crippen LogP contribution in [0.2, 0.25) is 0 Å². The number of thioether (sulfide) groups is 1. The van der Waals surface area contributed by atoms with Gasteiger partial charge in [0.1, 0.15) is 12.4 Å². The number of amides is 1. The van der Waals surface area contributed by atoms with E-state index in [-0.39, 0.29) is 5.91 Å². The molecule has 1 amide bonds. The zero-order valence-corrected chi connectivity index (χ0v) is 19.3. The summed E-state index contributed by atoms with van der Waals surface area (Å²) in [6.45, 7) is 7.42. The molecule has 4 rings (SSSR count). The van der Waals surface area contributed by atoms with E-state index in [1.807, 2.05) is 33.7 Å². The molecule has 6 nitrogen and oxygen atoms in total. The Bertz CT molecular complexity index is 1040. The van der Waals surface area contributed by atoms with Crippen molar-refractivity contribution >= 4 is 28.4 Å². The van der Waals surface area contributed by atoms with Crippen molar-refractivity contribution < 1.29 is 9.53 Å². The first-order chi connectivity index (χ1) is 15.1. The molecule has 0 bridgehead atoms. The van der Waals surface area contributed by atoms with Gasteiger partial charge < -0.3 is 14.2 Å². The molecule has 0 aliphatic carbocycles. The van der Waals surface area contributed by atoms with E-state index in [9.17, 15) is 4.79 Å². The molecule has 2 heterocycles. The maximum absolute atomic E-state index is 12.9. The van der Waals surface area contributed by atoms with Crippen molar-refractivity contribution in [2.75, 3.05) is 5.75 Å². The lowest BCUT2D eigenvalue weighted by Crippen LogP contribution is -2.48. The molecule has 1 aliphatic rings. The van der Waals surface area contributed by atoms with E-state index in [0.717, 1.165) is 46.9 Å². The minimum atomic E-state index is 0.184. The molecule has 2 atom stereocenters. The van der Waals surface area contributed by atoms with Crippen LogP contribution in [0.1, 0.15) is 45.9 Å². The van der Waals surface area contributed by atoms with Gasteiger partial charge in [0.25, 0.3) is 0 Å². The molecule has 164 valence electrons. The molecule has 0 N–H and O–H groups in total. The number of likely N-dealkylation sites (tertiary alicyclic amines) is 1. The van der Waals surface area contributed by atoms with Gasteiger partial charge in [0.05, 0.1) is 5.75 Å². The lowest BCUT2D eigenvalue weighted by molar-refractivity contribution is -0.134. The van der Waals surface area contributed by atoms with Gasteiger partial charge in [-0.15, -0.1) is 10.2 Å². The Kier molecular flexibility index (Phi) is 6.80. The normalized spacial score (nSPS) is 19.0. The minimum absolute atomic E-state index is 0.184. The molecule has 1 aliphatic heterocycles. The molecule has 2 aromatic carbocycles. The van der Waals surface area contributed by atoms with Crippen LogP contribution in [0, 0.1) is 0 Å². The molecule has 0 unspecified atom stereocenters. The van der Waals surface area contributed by atoms with Crippen LogP contribution < -0.4 is 4.74 Å². The zero-order chi connectivity index (χ0) is 21.8. The monoisotopic (exact) mass is 438 g/mol. The Balaban J connectivity index is 1.42. The van der Waals surface area contributed by atoms with E-state index in [1.165, 1.54) is 18.2 Å². The molecule has 1 aromatic heterocycles. The van der Waals surface area contributed by atoms with Gasteiger partial charge in [0, 0.05) is 24.0 Å². The number of carbonyl (C=O) groups excluding carboxylic acids is 1. The van der Waals surface area contributed by atoms with Crippen molar-refractivity contribution in [2.24, 2.45) is 0 Å². The summed E-state index contributed by atoms with van der Waals surface area (Å²) >= 11 is 1.47. The second-order valence-electron chi connectivity index (χ2n) is 8.13. The van der Waals surface area contributed by atoms with Crippen molar-refractivity contribution in [2.45, 2.75) is 70.4 Å². The molecular weight excluding hydrogens is 408 g/mol. The van der Waals surface area contributed by atoms with Gasteiger partial charge in [-0.2, -0.15) is 0 Å². The van der Waals surface area contributed by atoms with E-state index in [1.54, 1.807) is 0 Å².